The van der Waals surface area contributed by atoms with Gasteiger partial charge in [-0.15, -0.1) is 0 Å². The summed E-state index contributed by atoms with van der Waals surface area (Å²) in [6.45, 7) is 0.934. The maximum Gasteiger partial charge on any atom is 0.229 e. The molecule has 2 rings (SSSR count). The van der Waals surface area contributed by atoms with E-state index in [4.69, 9.17) is 0 Å². The highest BCUT2D eigenvalue weighted by Crippen LogP contribution is 2.28. The summed E-state index contributed by atoms with van der Waals surface area (Å²) in [5.74, 6) is 0.490. The molecule has 112 valence electrons. The van der Waals surface area contributed by atoms with Gasteiger partial charge in [0.15, 0.2) is 0 Å². The Hall–Kier alpha value is -1.39. The number of carbonyl (C=O) groups is 3. The number of nitrogens with one attached hydrogen (secondary N) is 1. The fraction of sp³-hybridized carbons (Fsp3) is 0.800. The third-order valence-corrected chi connectivity index (χ3v) is 4.30. The monoisotopic (exact) mass is 280 g/mol. The van der Waals surface area contributed by atoms with Crippen molar-refractivity contribution in [1.29, 1.82) is 0 Å². The maximum absolute atomic E-state index is 11.6. The predicted octanol–water partition coefficient (Wildman–Crippen LogP) is 1.61. The molecule has 2 fully saturated rings. The van der Waals surface area contributed by atoms with Crippen LogP contribution in [0.3, 0.4) is 0 Å². The first-order chi connectivity index (χ1) is 9.66. The van der Waals surface area contributed by atoms with Crippen molar-refractivity contribution in [2.24, 2.45) is 5.92 Å². The van der Waals surface area contributed by atoms with Crippen LogP contribution in [-0.2, 0) is 14.4 Å². The number of amides is 3. The van der Waals surface area contributed by atoms with Crippen molar-refractivity contribution in [3.8, 4) is 0 Å². The minimum absolute atomic E-state index is 0.0658. The van der Waals surface area contributed by atoms with Crippen molar-refractivity contribution < 1.29 is 14.4 Å². The van der Waals surface area contributed by atoms with Gasteiger partial charge in [0.2, 0.25) is 17.7 Å². The Balaban J connectivity index is 1.54. The topological polar surface area (TPSA) is 66.5 Å². The first-order valence-electron chi connectivity index (χ1n) is 7.76. The number of hydrogen-bond donors (Lipinski definition) is 1. The average Bonchev–Trinajstić information content (AvgIpc) is 3.04. The third-order valence-electron chi connectivity index (χ3n) is 4.30. The van der Waals surface area contributed by atoms with Crippen LogP contribution in [0.5, 0.6) is 0 Å². The van der Waals surface area contributed by atoms with Gasteiger partial charge < -0.3 is 5.32 Å². The second-order valence-corrected chi connectivity index (χ2v) is 5.83. The van der Waals surface area contributed by atoms with Gasteiger partial charge in [-0.25, -0.2) is 0 Å². The van der Waals surface area contributed by atoms with Crippen LogP contribution in [0.1, 0.15) is 57.8 Å². The molecule has 20 heavy (non-hydrogen) atoms. The largest absolute Gasteiger partial charge is 0.356 e. The van der Waals surface area contributed by atoms with Gasteiger partial charge in [0.25, 0.3) is 0 Å². The Morgan fingerprint density at radius 2 is 1.80 bits per heavy atom. The molecule has 0 aromatic heterocycles. The molecule has 1 saturated heterocycles. The van der Waals surface area contributed by atoms with E-state index >= 15 is 0 Å². The van der Waals surface area contributed by atoms with Gasteiger partial charge in [-0.1, -0.05) is 25.7 Å². The van der Waals surface area contributed by atoms with E-state index in [1.165, 1.54) is 37.0 Å². The van der Waals surface area contributed by atoms with E-state index in [9.17, 15) is 14.4 Å². The molecule has 0 radical (unpaired) electrons. The van der Waals surface area contributed by atoms with Crippen LogP contribution in [0.2, 0.25) is 0 Å². The van der Waals surface area contributed by atoms with E-state index in [0.717, 1.165) is 12.3 Å². The zero-order chi connectivity index (χ0) is 14.4. The number of imide groups is 1. The Bertz CT molecular complexity index is 359. The third kappa shape index (κ3) is 4.32. The predicted molar refractivity (Wildman–Crippen MR) is 74.8 cm³/mol. The normalized spacial score (nSPS) is 19.9. The quantitative estimate of drug-likeness (QED) is 0.569. The summed E-state index contributed by atoms with van der Waals surface area (Å²) >= 11 is 0. The summed E-state index contributed by atoms with van der Waals surface area (Å²) in [4.78, 5) is 35.6. The first-order valence-corrected chi connectivity index (χ1v) is 7.76. The molecule has 1 saturated carbocycles. The SMILES string of the molecule is O=C(CCN1C(=O)CCC1=O)NCCCC1CCCC1. The molecule has 5 nitrogen and oxygen atoms in total. The molecule has 0 unspecified atom stereocenters. The number of rotatable bonds is 7. The highest BCUT2D eigenvalue weighted by atomic mass is 16.2. The van der Waals surface area contributed by atoms with E-state index in [1.54, 1.807) is 0 Å². The molecule has 0 aromatic rings. The molecule has 0 atom stereocenters. The van der Waals surface area contributed by atoms with E-state index in [2.05, 4.69) is 5.32 Å². The number of likely N-dealkylation sites (tertiary alicyclic amines) is 1. The summed E-state index contributed by atoms with van der Waals surface area (Å²) in [6.07, 6.45) is 8.43. The van der Waals surface area contributed by atoms with E-state index in [-0.39, 0.29) is 30.7 Å². The van der Waals surface area contributed by atoms with Crippen LogP contribution in [-0.4, -0.2) is 35.7 Å². The van der Waals surface area contributed by atoms with E-state index in [1.807, 2.05) is 0 Å². The molecule has 0 bridgehead atoms. The lowest BCUT2D eigenvalue weighted by Gasteiger charge is -2.13. The second-order valence-electron chi connectivity index (χ2n) is 5.83. The van der Waals surface area contributed by atoms with Crippen molar-refractivity contribution in [3.05, 3.63) is 0 Å². The molecular weight excluding hydrogens is 256 g/mol. The van der Waals surface area contributed by atoms with Crippen molar-refractivity contribution in [3.63, 3.8) is 0 Å². The molecule has 0 spiro atoms. The van der Waals surface area contributed by atoms with Gasteiger partial charge in [-0.05, 0) is 18.8 Å². The molecule has 5 heteroatoms. The molecule has 1 heterocycles. The molecular formula is C15H24N2O3. The van der Waals surface area contributed by atoms with Crippen LogP contribution in [0.15, 0.2) is 0 Å². The van der Waals surface area contributed by atoms with Crippen molar-refractivity contribution in [2.45, 2.75) is 57.8 Å². The van der Waals surface area contributed by atoms with Gasteiger partial charge in [-0.3, -0.25) is 19.3 Å². The van der Waals surface area contributed by atoms with E-state index in [0.29, 0.717) is 19.4 Å². The van der Waals surface area contributed by atoms with Gasteiger partial charge in [0, 0.05) is 32.4 Å². The molecule has 0 aromatic carbocycles. The average molecular weight is 280 g/mol. The standard InChI is InChI=1S/C15H24N2O3/c18-13(9-11-17-14(19)7-8-15(17)20)16-10-3-6-12-4-1-2-5-12/h12H,1-11H2,(H,16,18). The zero-order valence-electron chi connectivity index (χ0n) is 12.0. The Labute approximate surface area is 120 Å². The van der Waals surface area contributed by atoms with E-state index < -0.39 is 0 Å². The summed E-state index contributed by atoms with van der Waals surface area (Å²) < 4.78 is 0. The Morgan fingerprint density at radius 3 is 2.45 bits per heavy atom. The number of nitrogens with zero attached hydrogens (tertiary/aromatic N) is 1. The van der Waals surface area contributed by atoms with Crippen LogP contribution in [0, 0.1) is 5.92 Å². The van der Waals surface area contributed by atoms with Crippen molar-refractivity contribution >= 4 is 17.7 Å². The lowest BCUT2D eigenvalue weighted by atomic mass is 10.0. The minimum Gasteiger partial charge on any atom is -0.356 e. The lowest BCUT2D eigenvalue weighted by molar-refractivity contribution is -0.138. The lowest BCUT2D eigenvalue weighted by Crippen LogP contribution is -2.34. The van der Waals surface area contributed by atoms with Crippen LogP contribution in [0.4, 0.5) is 0 Å². The summed E-state index contributed by atoms with van der Waals surface area (Å²) in [5, 5.41) is 2.87. The number of hydrogen-bond acceptors (Lipinski definition) is 3. The first kappa shape index (κ1) is 15.0. The molecule has 1 aliphatic carbocycles. The fourth-order valence-electron chi connectivity index (χ4n) is 3.09. The smallest absolute Gasteiger partial charge is 0.229 e. The van der Waals surface area contributed by atoms with Crippen molar-refractivity contribution in [2.75, 3.05) is 13.1 Å². The van der Waals surface area contributed by atoms with Crippen LogP contribution < -0.4 is 5.32 Å². The van der Waals surface area contributed by atoms with Crippen LogP contribution in [0.25, 0.3) is 0 Å². The van der Waals surface area contributed by atoms with Crippen LogP contribution >= 0.6 is 0 Å². The maximum atomic E-state index is 11.6. The second kappa shape index (κ2) is 7.41. The summed E-state index contributed by atoms with van der Waals surface area (Å²) in [7, 11) is 0. The molecule has 3 amide bonds. The van der Waals surface area contributed by atoms with Gasteiger partial charge in [0.1, 0.15) is 0 Å². The summed E-state index contributed by atoms with van der Waals surface area (Å²) in [6, 6.07) is 0. The molecule has 1 N–H and O–H groups in total. The Kier molecular flexibility index (Phi) is 5.56. The zero-order valence-corrected chi connectivity index (χ0v) is 12.0. The number of carbonyl (C=O) groups excluding carboxylic acids is 3. The van der Waals surface area contributed by atoms with Gasteiger partial charge in [-0.2, -0.15) is 0 Å². The molecule has 2 aliphatic rings. The Morgan fingerprint density at radius 1 is 1.15 bits per heavy atom. The fourth-order valence-corrected chi connectivity index (χ4v) is 3.09. The van der Waals surface area contributed by atoms with Gasteiger partial charge in [0.05, 0.1) is 0 Å². The molecule has 1 aliphatic heterocycles. The van der Waals surface area contributed by atoms with Crippen molar-refractivity contribution in [1.82, 2.24) is 10.2 Å². The highest BCUT2D eigenvalue weighted by molar-refractivity contribution is 6.02. The van der Waals surface area contributed by atoms with Gasteiger partial charge >= 0.3 is 0 Å². The highest BCUT2D eigenvalue weighted by Gasteiger charge is 2.28. The minimum atomic E-state index is -0.149. The summed E-state index contributed by atoms with van der Waals surface area (Å²) in [5.41, 5.74) is 0.